The zero-order valence-corrected chi connectivity index (χ0v) is 19.5. The van der Waals surface area contributed by atoms with Gasteiger partial charge >= 0.3 is 0 Å². The summed E-state index contributed by atoms with van der Waals surface area (Å²) in [6.07, 6.45) is 0. The number of nitro benzene ring substituents is 1. The molecule has 0 aromatic heterocycles. The van der Waals surface area contributed by atoms with E-state index in [9.17, 15) is 18.5 Å². The molecule has 3 aromatic carbocycles. The number of non-ortho nitro benzene ring substituents is 1. The molecule has 0 aliphatic heterocycles. The molecule has 0 radical (unpaired) electrons. The van der Waals surface area contributed by atoms with Gasteiger partial charge in [0.05, 0.1) is 16.3 Å². The number of rotatable bonds is 9. The van der Waals surface area contributed by atoms with Gasteiger partial charge in [0, 0.05) is 25.2 Å². The third-order valence-corrected chi connectivity index (χ3v) is 7.34. The molecule has 172 valence electrons. The van der Waals surface area contributed by atoms with Crippen LogP contribution in [0.5, 0.6) is 0 Å². The van der Waals surface area contributed by atoms with Crippen molar-refractivity contribution in [1.29, 1.82) is 0 Å². The standard InChI is InChI=1S/C24H26N4O4S/c1-4-27(5-2)33(31,32)24-17-22(28(29)30)15-16-23(24)26-25-18(3)19-11-13-21(14-12-19)20-9-7-6-8-10-20/h6-17,26H,4-5H2,1-3H3. The van der Waals surface area contributed by atoms with E-state index in [1.165, 1.54) is 16.4 Å². The number of hydrazone groups is 1. The van der Waals surface area contributed by atoms with Crippen LogP contribution in [0.25, 0.3) is 11.1 Å². The first-order valence-electron chi connectivity index (χ1n) is 10.5. The molecule has 0 heterocycles. The highest BCUT2D eigenvalue weighted by molar-refractivity contribution is 7.89. The summed E-state index contributed by atoms with van der Waals surface area (Å²) in [6.45, 7) is 5.72. The maximum atomic E-state index is 13.1. The van der Waals surface area contributed by atoms with Crippen LogP contribution < -0.4 is 5.43 Å². The average molecular weight is 467 g/mol. The Kier molecular flexibility index (Phi) is 7.57. The van der Waals surface area contributed by atoms with Crippen LogP contribution in [0.15, 0.2) is 82.8 Å². The van der Waals surface area contributed by atoms with E-state index < -0.39 is 14.9 Å². The second-order valence-corrected chi connectivity index (χ2v) is 9.19. The summed E-state index contributed by atoms with van der Waals surface area (Å²) in [4.78, 5) is 10.4. The number of sulfonamides is 1. The molecule has 33 heavy (non-hydrogen) atoms. The first kappa shape index (κ1) is 24.1. The van der Waals surface area contributed by atoms with Gasteiger partial charge in [-0.2, -0.15) is 9.41 Å². The molecule has 0 unspecified atom stereocenters. The summed E-state index contributed by atoms with van der Waals surface area (Å²) in [6, 6.07) is 21.5. The minimum Gasteiger partial charge on any atom is -0.277 e. The first-order valence-corrected chi connectivity index (χ1v) is 12.0. The van der Waals surface area contributed by atoms with Gasteiger partial charge in [0.25, 0.3) is 5.69 Å². The van der Waals surface area contributed by atoms with E-state index in [-0.39, 0.29) is 29.4 Å². The molecule has 0 saturated carbocycles. The molecule has 0 spiro atoms. The molecule has 0 fully saturated rings. The summed E-state index contributed by atoms with van der Waals surface area (Å²) in [7, 11) is -3.94. The summed E-state index contributed by atoms with van der Waals surface area (Å²) in [5, 5.41) is 15.6. The Bertz CT molecular complexity index is 1250. The van der Waals surface area contributed by atoms with Crippen molar-refractivity contribution in [2.24, 2.45) is 5.10 Å². The average Bonchev–Trinajstić information content (AvgIpc) is 2.83. The molecule has 0 atom stereocenters. The molecule has 1 N–H and O–H groups in total. The largest absolute Gasteiger partial charge is 0.277 e. The third kappa shape index (κ3) is 5.44. The van der Waals surface area contributed by atoms with Crippen LogP contribution in [-0.2, 0) is 10.0 Å². The Morgan fingerprint density at radius 2 is 1.58 bits per heavy atom. The topological polar surface area (TPSA) is 105 Å². The van der Waals surface area contributed by atoms with Crippen molar-refractivity contribution in [3.8, 4) is 11.1 Å². The molecule has 0 aliphatic rings. The quantitative estimate of drug-likeness (QED) is 0.267. The Labute approximate surface area is 193 Å². The van der Waals surface area contributed by atoms with Gasteiger partial charge in [0.15, 0.2) is 0 Å². The van der Waals surface area contributed by atoms with Gasteiger partial charge in [-0.25, -0.2) is 8.42 Å². The van der Waals surface area contributed by atoms with Crippen molar-refractivity contribution in [2.75, 3.05) is 18.5 Å². The number of hydrogen-bond donors (Lipinski definition) is 1. The van der Waals surface area contributed by atoms with Gasteiger partial charge in [-0.05, 0) is 29.7 Å². The van der Waals surface area contributed by atoms with Crippen LogP contribution in [0.4, 0.5) is 11.4 Å². The fourth-order valence-electron chi connectivity index (χ4n) is 3.38. The minimum atomic E-state index is -3.94. The Balaban J connectivity index is 1.92. The van der Waals surface area contributed by atoms with Crippen LogP contribution in [0.1, 0.15) is 26.3 Å². The lowest BCUT2D eigenvalue weighted by Crippen LogP contribution is -2.31. The predicted octanol–water partition coefficient (Wildman–Crippen LogP) is 5.13. The second-order valence-electron chi connectivity index (χ2n) is 7.28. The number of nitro groups is 1. The van der Waals surface area contributed by atoms with E-state index >= 15 is 0 Å². The lowest BCUT2D eigenvalue weighted by Gasteiger charge is -2.20. The highest BCUT2D eigenvalue weighted by Gasteiger charge is 2.27. The number of benzene rings is 3. The maximum Gasteiger partial charge on any atom is 0.270 e. The zero-order valence-electron chi connectivity index (χ0n) is 18.7. The summed E-state index contributed by atoms with van der Waals surface area (Å²) >= 11 is 0. The number of nitrogens with zero attached hydrogens (tertiary/aromatic N) is 3. The van der Waals surface area contributed by atoms with Crippen LogP contribution in [0, 0.1) is 10.1 Å². The van der Waals surface area contributed by atoms with Gasteiger partial charge in [-0.3, -0.25) is 15.5 Å². The van der Waals surface area contributed by atoms with Gasteiger partial charge in [0.2, 0.25) is 10.0 Å². The van der Waals surface area contributed by atoms with Gasteiger partial charge in [-0.15, -0.1) is 0 Å². The number of nitrogens with one attached hydrogen (secondary N) is 1. The second kappa shape index (κ2) is 10.4. The smallest absolute Gasteiger partial charge is 0.270 e. The minimum absolute atomic E-state index is 0.174. The third-order valence-electron chi connectivity index (χ3n) is 5.25. The molecule has 8 nitrogen and oxygen atoms in total. The zero-order chi connectivity index (χ0) is 24.0. The maximum absolute atomic E-state index is 13.1. The molecule has 3 rings (SSSR count). The molecule has 0 bridgehead atoms. The van der Waals surface area contributed by atoms with E-state index in [1.807, 2.05) is 54.6 Å². The van der Waals surface area contributed by atoms with Crippen LogP contribution in [0.2, 0.25) is 0 Å². The molecule has 9 heteroatoms. The molecule has 0 aliphatic carbocycles. The van der Waals surface area contributed by atoms with E-state index in [4.69, 9.17) is 0 Å². The van der Waals surface area contributed by atoms with E-state index in [1.54, 1.807) is 20.8 Å². The highest BCUT2D eigenvalue weighted by atomic mass is 32.2. The van der Waals surface area contributed by atoms with Crippen LogP contribution in [0.3, 0.4) is 0 Å². The predicted molar refractivity (Wildman–Crippen MR) is 131 cm³/mol. The lowest BCUT2D eigenvalue weighted by atomic mass is 10.0. The van der Waals surface area contributed by atoms with Gasteiger partial charge in [-0.1, -0.05) is 68.4 Å². The summed E-state index contributed by atoms with van der Waals surface area (Å²) in [5.74, 6) is 0. The van der Waals surface area contributed by atoms with Crippen molar-refractivity contribution < 1.29 is 13.3 Å². The van der Waals surface area contributed by atoms with E-state index in [0.717, 1.165) is 22.8 Å². The Morgan fingerprint density at radius 1 is 0.970 bits per heavy atom. The summed E-state index contributed by atoms with van der Waals surface area (Å²) in [5.41, 5.74) is 6.34. The Hall–Kier alpha value is -3.56. The lowest BCUT2D eigenvalue weighted by molar-refractivity contribution is -0.385. The van der Waals surface area contributed by atoms with Crippen LogP contribution >= 0.6 is 0 Å². The Morgan fingerprint density at radius 3 is 2.15 bits per heavy atom. The van der Waals surface area contributed by atoms with Crippen LogP contribution in [-0.4, -0.2) is 36.4 Å². The molecule has 0 saturated heterocycles. The molecular formula is C24H26N4O4S. The van der Waals surface area contributed by atoms with Crippen molar-refractivity contribution in [2.45, 2.75) is 25.7 Å². The fourth-order valence-corrected chi connectivity index (χ4v) is 5.00. The highest BCUT2D eigenvalue weighted by Crippen LogP contribution is 2.29. The number of anilines is 1. The van der Waals surface area contributed by atoms with Gasteiger partial charge < -0.3 is 0 Å². The fraction of sp³-hybridized carbons (Fsp3) is 0.208. The van der Waals surface area contributed by atoms with Crippen molar-refractivity contribution in [3.05, 3.63) is 88.5 Å². The normalized spacial score (nSPS) is 12.1. The summed E-state index contributed by atoms with van der Waals surface area (Å²) < 4.78 is 27.4. The number of hydrogen-bond acceptors (Lipinski definition) is 6. The molecular weight excluding hydrogens is 440 g/mol. The molecule has 0 amide bonds. The van der Waals surface area contributed by atoms with E-state index in [0.29, 0.717) is 5.71 Å². The SMILES string of the molecule is CCN(CC)S(=O)(=O)c1cc([N+](=O)[O-])ccc1NN=C(C)c1ccc(-c2ccccc2)cc1. The first-order chi connectivity index (χ1) is 15.8. The monoisotopic (exact) mass is 466 g/mol. The molecule has 3 aromatic rings. The van der Waals surface area contributed by atoms with E-state index in [2.05, 4.69) is 10.5 Å². The van der Waals surface area contributed by atoms with Crippen molar-refractivity contribution in [1.82, 2.24) is 4.31 Å². The van der Waals surface area contributed by atoms with Crippen molar-refractivity contribution >= 4 is 27.1 Å². The van der Waals surface area contributed by atoms with Gasteiger partial charge in [0.1, 0.15) is 4.90 Å². The van der Waals surface area contributed by atoms with Crippen molar-refractivity contribution in [3.63, 3.8) is 0 Å².